The molecule has 16 heavy (non-hydrogen) atoms. The minimum atomic E-state index is -0.248. The number of halogens is 1. The zero-order chi connectivity index (χ0) is 11.5. The lowest BCUT2D eigenvalue weighted by Crippen LogP contribution is -2.50. The van der Waals surface area contributed by atoms with Crippen molar-refractivity contribution in [3.63, 3.8) is 0 Å². The van der Waals surface area contributed by atoms with Crippen LogP contribution in [0.2, 0.25) is 4.34 Å². The van der Waals surface area contributed by atoms with Crippen molar-refractivity contribution in [3.8, 4) is 0 Å². The zero-order valence-corrected chi connectivity index (χ0v) is 10.1. The van der Waals surface area contributed by atoms with Crippen molar-refractivity contribution >= 4 is 28.8 Å². The lowest BCUT2D eigenvalue weighted by atomic mass is 10.2. The van der Waals surface area contributed by atoms with Crippen LogP contribution in [0.3, 0.4) is 0 Å². The summed E-state index contributed by atoms with van der Waals surface area (Å²) in [6.45, 7) is 1.34. The molecule has 1 unspecified atom stereocenters. The van der Waals surface area contributed by atoms with Crippen LogP contribution in [0, 0.1) is 0 Å². The van der Waals surface area contributed by atoms with E-state index in [0.717, 1.165) is 0 Å². The van der Waals surface area contributed by atoms with Crippen LogP contribution in [0.1, 0.15) is 9.67 Å². The molecule has 88 valence electrons. The summed E-state index contributed by atoms with van der Waals surface area (Å²) in [5, 5.41) is 9.17. The second kappa shape index (κ2) is 5.14. The van der Waals surface area contributed by atoms with Crippen LogP contribution in [-0.2, 0) is 4.74 Å². The van der Waals surface area contributed by atoms with Crippen LogP contribution < -0.4 is 0 Å². The Morgan fingerprint density at radius 2 is 2.50 bits per heavy atom. The third-order valence-corrected chi connectivity index (χ3v) is 3.70. The molecular weight excluding hydrogens is 250 g/mol. The molecule has 1 saturated heterocycles. The third-order valence-electron chi connectivity index (χ3n) is 2.48. The molecule has 0 spiro atoms. The van der Waals surface area contributed by atoms with E-state index in [1.165, 1.54) is 11.3 Å². The lowest BCUT2D eigenvalue weighted by Gasteiger charge is -2.34. The molecule has 1 aliphatic heterocycles. The fourth-order valence-electron chi connectivity index (χ4n) is 1.64. The van der Waals surface area contributed by atoms with Crippen LogP contribution in [0.4, 0.5) is 0 Å². The summed E-state index contributed by atoms with van der Waals surface area (Å²) in [6, 6.07) is 3.16. The largest absolute Gasteiger partial charge is 0.394 e. The van der Waals surface area contributed by atoms with Gasteiger partial charge in [-0.15, -0.1) is 11.3 Å². The van der Waals surface area contributed by atoms with Gasteiger partial charge in [-0.3, -0.25) is 4.79 Å². The highest BCUT2D eigenvalue weighted by atomic mass is 35.5. The fraction of sp³-hybridized carbons (Fsp3) is 0.500. The van der Waals surface area contributed by atoms with Gasteiger partial charge in [-0.05, 0) is 12.1 Å². The number of aliphatic hydroxyl groups excluding tert-OH is 1. The number of hydrogen-bond acceptors (Lipinski definition) is 4. The van der Waals surface area contributed by atoms with E-state index in [2.05, 4.69) is 0 Å². The number of hydrogen-bond donors (Lipinski definition) is 1. The van der Waals surface area contributed by atoms with Gasteiger partial charge >= 0.3 is 0 Å². The minimum Gasteiger partial charge on any atom is -0.394 e. The van der Waals surface area contributed by atoms with E-state index in [0.29, 0.717) is 29.0 Å². The Labute approximate surface area is 102 Å². The molecule has 6 heteroatoms. The predicted octanol–water partition coefficient (Wildman–Crippen LogP) is 1.23. The van der Waals surface area contributed by atoms with Gasteiger partial charge < -0.3 is 14.7 Å². The molecule has 1 aromatic heterocycles. The summed E-state index contributed by atoms with van der Waals surface area (Å²) in [4.78, 5) is 14.3. The number of carbonyl (C=O) groups excluding carboxylic acids is 1. The summed E-state index contributed by atoms with van der Waals surface area (Å²) in [5.41, 5.74) is 0. The molecule has 1 N–H and O–H groups in total. The number of nitrogens with zero attached hydrogens (tertiary/aromatic N) is 1. The summed E-state index contributed by atoms with van der Waals surface area (Å²) < 4.78 is 5.81. The van der Waals surface area contributed by atoms with Crippen LogP contribution in [-0.4, -0.2) is 48.3 Å². The number of amides is 1. The first kappa shape index (κ1) is 11.9. The number of aliphatic hydroxyl groups is 1. The molecule has 0 radical (unpaired) electrons. The molecule has 1 aliphatic rings. The Hall–Kier alpha value is -0.620. The highest BCUT2D eigenvalue weighted by Gasteiger charge is 2.28. The van der Waals surface area contributed by atoms with Crippen LogP contribution >= 0.6 is 22.9 Å². The molecule has 1 atom stereocenters. The van der Waals surface area contributed by atoms with Crippen molar-refractivity contribution < 1.29 is 14.6 Å². The zero-order valence-electron chi connectivity index (χ0n) is 8.56. The normalized spacial score (nSPS) is 21.1. The van der Waals surface area contributed by atoms with Gasteiger partial charge in [-0.1, -0.05) is 11.6 Å². The molecule has 1 aromatic rings. The van der Waals surface area contributed by atoms with Crippen molar-refractivity contribution in [2.75, 3.05) is 26.4 Å². The van der Waals surface area contributed by atoms with Crippen molar-refractivity contribution in [1.82, 2.24) is 4.90 Å². The van der Waals surface area contributed by atoms with Gasteiger partial charge in [-0.2, -0.15) is 0 Å². The fourth-order valence-corrected chi connectivity index (χ4v) is 2.64. The number of rotatable bonds is 2. The summed E-state index contributed by atoms with van der Waals surface area (Å²) in [6.07, 6.45) is 0. The highest BCUT2D eigenvalue weighted by Crippen LogP contribution is 2.24. The van der Waals surface area contributed by atoms with E-state index in [-0.39, 0.29) is 18.6 Å². The van der Waals surface area contributed by atoms with Gasteiger partial charge in [-0.25, -0.2) is 0 Å². The van der Waals surface area contributed by atoms with E-state index in [4.69, 9.17) is 21.4 Å². The first-order valence-corrected chi connectivity index (χ1v) is 6.16. The van der Waals surface area contributed by atoms with E-state index < -0.39 is 0 Å². The van der Waals surface area contributed by atoms with E-state index in [9.17, 15) is 4.79 Å². The van der Waals surface area contributed by atoms with Crippen LogP contribution in [0.5, 0.6) is 0 Å². The molecule has 0 bridgehead atoms. The van der Waals surface area contributed by atoms with Crippen LogP contribution in [0.15, 0.2) is 12.1 Å². The van der Waals surface area contributed by atoms with Gasteiger partial charge in [0.25, 0.3) is 5.91 Å². The summed E-state index contributed by atoms with van der Waals surface area (Å²) in [7, 11) is 0. The predicted molar refractivity (Wildman–Crippen MR) is 62.1 cm³/mol. The molecule has 0 saturated carbocycles. The van der Waals surface area contributed by atoms with Crippen molar-refractivity contribution in [1.29, 1.82) is 0 Å². The topological polar surface area (TPSA) is 49.8 Å². The second-order valence-corrected chi connectivity index (χ2v) is 5.23. The van der Waals surface area contributed by atoms with Gasteiger partial charge in [0.15, 0.2) is 0 Å². The number of carbonyl (C=O) groups is 1. The third kappa shape index (κ3) is 2.38. The Bertz CT molecular complexity index is 382. The van der Waals surface area contributed by atoms with E-state index in [1.54, 1.807) is 17.0 Å². The summed E-state index contributed by atoms with van der Waals surface area (Å²) >= 11 is 7.04. The number of ether oxygens (including phenoxy) is 1. The Morgan fingerprint density at radius 1 is 1.69 bits per heavy atom. The quantitative estimate of drug-likeness (QED) is 0.871. The van der Waals surface area contributed by atoms with Gasteiger partial charge in [0.2, 0.25) is 0 Å². The monoisotopic (exact) mass is 261 g/mol. The number of morpholine rings is 1. The average Bonchev–Trinajstić information content (AvgIpc) is 2.75. The maximum Gasteiger partial charge on any atom is 0.264 e. The van der Waals surface area contributed by atoms with Gasteiger partial charge in [0, 0.05) is 6.54 Å². The summed E-state index contributed by atoms with van der Waals surface area (Å²) in [5.74, 6) is -0.0840. The molecule has 2 rings (SSSR count). The molecule has 1 amide bonds. The molecule has 0 aliphatic carbocycles. The highest BCUT2D eigenvalue weighted by molar-refractivity contribution is 7.17. The Balaban J connectivity index is 2.13. The maximum absolute atomic E-state index is 12.1. The number of thiophene rings is 1. The molecule has 2 heterocycles. The second-order valence-electron chi connectivity index (χ2n) is 3.51. The van der Waals surface area contributed by atoms with Crippen LogP contribution in [0.25, 0.3) is 0 Å². The van der Waals surface area contributed by atoms with Crippen molar-refractivity contribution in [2.45, 2.75) is 6.04 Å². The Kier molecular flexibility index (Phi) is 3.81. The van der Waals surface area contributed by atoms with E-state index in [1.807, 2.05) is 0 Å². The standard InChI is InChI=1S/C10H12ClNO3S/c11-9-2-1-8(16-9)10(14)12-3-4-15-6-7(12)5-13/h1-2,7,13H,3-6H2. The minimum absolute atomic E-state index is 0.0785. The average molecular weight is 262 g/mol. The molecule has 1 fully saturated rings. The smallest absolute Gasteiger partial charge is 0.264 e. The van der Waals surface area contributed by atoms with Gasteiger partial charge in [0.05, 0.1) is 35.1 Å². The van der Waals surface area contributed by atoms with E-state index >= 15 is 0 Å². The Morgan fingerprint density at radius 3 is 3.12 bits per heavy atom. The molecule has 4 nitrogen and oxygen atoms in total. The molecular formula is C10H12ClNO3S. The van der Waals surface area contributed by atoms with Crippen molar-refractivity contribution in [3.05, 3.63) is 21.3 Å². The molecule has 0 aromatic carbocycles. The lowest BCUT2D eigenvalue weighted by molar-refractivity contribution is -0.0181. The first-order chi connectivity index (χ1) is 7.72. The van der Waals surface area contributed by atoms with Gasteiger partial charge in [0.1, 0.15) is 0 Å². The maximum atomic E-state index is 12.1. The SMILES string of the molecule is O=C(c1ccc(Cl)s1)N1CCOCC1CO. The first-order valence-electron chi connectivity index (χ1n) is 4.97. The van der Waals surface area contributed by atoms with Crippen molar-refractivity contribution in [2.24, 2.45) is 0 Å².